The second-order valence-corrected chi connectivity index (χ2v) is 10.3. The van der Waals surface area contributed by atoms with Gasteiger partial charge in [-0.2, -0.15) is 4.98 Å². The van der Waals surface area contributed by atoms with Crippen LogP contribution in [0.25, 0.3) is 11.3 Å². The zero-order chi connectivity index (χ0) is 22.6. The summed E-state index contributed by atoms with van der Waals surface area (Å²) in [6, 6.07) is 10.4. The Morgan fingerprint density at radius 1 is 1.12 bits per heavy atom. The zero-order valence-corrected chi connectivity index (χ0v) is 19.4. The molecule has 0 radical (unpaired) electrons. The number of piperidine rings is 1. The van der Waals surface area contributed by atoms with E-state index in [4.69, 9.17) is 23.1 Å². The molecule has 8 nitrogen and oxygen atoms in total. The van der Waals surface area contributed by atoms with Crippen LogP contribution in [0.2, 0.25) is 5.02 Å². The van der Waals surface area contributed by atoms with Crippen LogP contribution in [-0.4, -0.2) is 38.0 Å². The van der Waals surface area contributed by atoms with Crippen molar-refractivity contribution in [3.05, 3.63) is 58.9 Å². The van der Waals surface area contributed by atoms with Crippen molar-refractivity contribution in [3.8, 4) is 0 Å². The highest BCUT2D eigenvalue weighted by atomic mass is 35.5. The fourth-order valence-electron chi connectivity index (χ4n) is 5.06. The van der Waals surface area contributed by atoms with E-state index in [-0.39, 0.29) is 11.5 Å². The van der Waals surface area contributed by atoms with Crippen LogP contribution in [0.5, 0.6) is 0 Å². The SMILES string of the molecule is Nc1cc(Sc2cnc3nc(N4CCC5(CC4)Cc4ccccc4[C@H]5N)[nH]c3n2)c(Cl)cn1. The van der Waals surface area contributed by atoms with Gasteiger partial charge in [0.15, 0.2) is 11.3 Å². The second-order valence-electron chi connectivity index (χ2n) is 8.79. The van der Waals surface area contributed by atoms with E-state index in [0.717, 1.165) is 43.2 Å². The van der Waals surface area contributed by atoms with Crippen LogP contribution in [0.1, 0.15) is 30.0 Å². The molecular formula is C23H23ClN8S. The molecule has 168 valence electrons. The summed E-state index contributed by atoms with van der Waals surface area (Å²) >= 11 is 7.63. The Balaban J connectivity index is 1.19. The average molecular weight is 479 g/mol. The van der Waals surface area contributed by atoms with E-state index in [1.807, 2.05) is 0 Å². The normalized spacial score (nSPS) is 19.3. The number of nitrogens with one attached hydrogen (secondary N) is 1. The first-order valence-corrected chi connectivity index (χ1v) is 12.1. The maximum Gasteiger partial charge on any atom is 0.206 e. The van der Waals surface area contributed by atoms with Gasteiger partial charge in [-0.05, 0) is 41.9 Å². The van der Waals surface area contributed by atoms with E-state index in [2.05, 4.69) is 54.1 Å². The third-order valence-electron chi connectivity index (χ3n) is 6.88. The molecule has 1 aliphatic heterocycles. The number of hydrogen-bond acceptors (Lipinski definition) is 8. The number of fused-ring (bicyclic) bond motifs is 2. The number of nitrogens with two attached hydrogens (primary N) is 2. The van der Waals surface area contributed by atoms with Crippen LogP contribution < -0.4 is 16.4 Å². The smallest absolute Gasteiger partial charge is 0.206 e. The largest absolute Gasteiger partial charge is 0.384 e. The number of aromatic amines is 1. The van der Waals surface area contributed by atoms with E-state index in [9.17, 15) is 0 Å². The molecule has 4 heterocycles. The molecule has 0 saturated carbocycles. The molecule has 0 unspecified atom stereocenters. The van der Waals surface area contributed by atoms with Crippen LogP contribution in [0.4, 0.5) is 11.8 Å². The van der Waals surface area contributed by atoms with Crippen molar-refractivity contribution in [1.82, 2.24) is 24.9 Å². The Morgan fingerprint density at radius 2 is 1.94 bits per heavy atom. The predicted molar refractivity (Wildman–Crippen MR) is 130 cm³/mol. The average Bonchev–Trinajstić information content (AvgIpc) is 3.36. The third kappa shape index (κ3) is 3.60. The number of imidazole rings is 1. The van der Waals surface area contributed by atoms with Crippen molar-refractivity contribution in [2.24, 2.45) is 11.1 Å². The summed E-state index contributed by atoms with van der Waals surface area (Å²) in [5.41, 5.74) is 16.6. The molecule has 5 N–H and O–H groups in total. The Morgan fingerprint density at radius 3 is 2.76 bits per heavy atom. The molecule has 1 saturated heterocycles. The van der Waals surface area contributed by atoms with E-state index < -0.39 is 0 Å². The quantitative estimate of drug-likeness (QED) is 0.404. The van der Waals surface area contributed by atoms with Crippen molar-refractivity contribution in [1.29, 1.82) is 0 Å². The number of H-pyrrole nitrogens is 1. The van der Waals surface area contributed by atoms with Gasteiger partial charge in [0.25, 0.3) is 0 Å². The Bertz CT molecular complexity index is 1350. The number of benzene rings is 1. The van der Waals surface area contributed by atoms with Crippen LogP contribution in [-0.2, 0) is 6.42 Å². The molecule has 10 heteroatoms. The molecule has 1 atom stereocenters. The van der Waals surface area contributed by atoms with Crippen molar-refractivity contribution in [2.45, 2.75) is 35.2 Å². The fraction of sp³-hybridized carbons (Fsp3) is 0.304. The molecule has 3 aromatic heterocycles. The fourth-order valence-corrected chi connectivity index (χ4v) is 6.08. The number of aromatic nitrogens is 5. The van der Waals surface area contributed by atoms with Gasteiger partial charge in [-0.1, -0.05) is 47.6 Å². The summed E-state index contributed by atoms with van der Waals surface area (Å²) in [5, 5.41) is 1.23. The maximum absolute atomic E-state index is 6.72. The molecule has 1 aromatic carbocycles. The second kappa shape index (κ2) is 7.86. The van der Waals surface area contributed by atoms with Gasteiger partial charge in [-0.3, -0.25) is 0 Å². The monoisotopic (exact) mass is 478 g/mol. The molecule has 1 aliphatic carbocycles. The molecule has 6 rings (SSSR count). The molecular weight excluding hydrogens is 456 g/mol. The molecule has 0 bridgehead atoms. The Labute approximate surface area is 200 Å². The van der Waals surface area contributed by atoms with Crippen LogP contribution in [0.15, 0.2) is 52.6 Å². The third-order valence-corrected chi connectivity index (χ3v) is 8.26. The highest BCUT2D eigenvalue weighted by Gasteiger charge is 2.46. The lowest BCUT2D eigenvalue weighted by Gasteiger charge is -2.42. The van der Waals surface area contributed by atoms with Crippen LogP contribution in [0.3, 0.4) is 0 Å². The summed E-state index contributed by atoms with van der Waals surface area (Å²) in [7, 11) is 0. The first-order valence-electron chi connectivity index (χ1n) is 10.9. The van der Waals surface area contributed by atoms with Gasteiger partial charge < -0.3 is 21.4 Å². The lowest BCUT2D eigenvalue weighted by molar-refractivity contribution is 0.187. The molecule has 4 aromatic rings. The van der Waals surface area contributed by atoms with Gasteiger partial charge in [0.1, 0.15) is 10.8 Å². The topological polar surface area (TPSA) is 123 Å². The minimum absolute atomic E-state index is 0.100. The van der Waals surface area contributed by atoms with E-state index in [1.54, 1.807) is 12.3 Å². The molecule has 1 spiro atoms. The van der Waals surface area contributed by atoms with E-state index >= 15 is 0 Å². The van der Waals surface area contributed by atoms with Gasteiger partial charge >= 0.3 is 0 Å². The number of nitrogens with zero attached hydrogens (tertiary/aromatic N) is 5. The maximum atomic E-state index is 6.72. The number of hydrogen-bond donors (Lipinski definition) is 3. The van der Waals surface area contributed by atoms with Crippen molar-refractivity contribution < 1.29 is 0 Å². The number of halogens is 1. The summed E-state index contributed by atoms with van der Waals surface area (Å²) in [6.07, 6.45) is 6.36. The zero-order valence-electron chi connectivity index (χ0n) is 17.8. The number of nitrogen functional groups attached to an aromatic ring is 1. The van der Waals surface area contributed by atoms with Gasteiger partial charge in [0.2, 0.25) is 5.95 Å². The molecule has 1 fully saturated rings. The van der Waals surface area contributed by atoms with E-state index in [1.165, 1.54) is 29.1 Å². The number of anilines is 2. The van der Waals surface area contributed by atoms with Crippen LogP contribution in [0, 0.1) is 5.41 Å². The summed E-state index contributed by atoms with van der Waals surface area (Å²) in [4.78, 5) is 24.3. The minimum Gasteiger partial charge on any atom is -0.384 e. The molecule has 33 heavy (non-hydrogen) atoms. The minimum atomic E-state index is 0.100. The van der Waals surface area contributed by atoms with Gasteiger partial charge in [0, 0.05) is 30.2 Å². The Kier molecular flexibility index (Phi) is 4.93. The van der Waals surface area contributed by atoms with Crippen LogP contribution >= 0.6 is 23.4 Å². The van der Waals surface area contributed by atoms with Crippen molar-refractivity contribution in [3.63, 3.8) is 0 Å². The van der Waals surface area contributed by atoms with E-state index in [0.29, 0.717) is 27.2 Å². The van der Waals surface area contributed by atoms with Crippen molar-refractivity contribution >= 4 is 46.4 Å². The summed E-state index contributed by atoms with van der Waals surface area (Å²) in [6.45, 7) is 1.80. The first kappa shape index (κ1) is 20.7. The number of pyridine rings is 1. The lowest BCUT2D eigenvalue weighted by atomic mass is 9.73. The summed E-state index contributed by atoms with van der Waals surface area (Å²) in [5.74, 6) is 1.21. The van der Waals surface area contributed by atoms with Gasteiger partial charge in [-0.25, -0.2) is 15.0 Å². The van der Waals surface area contributed by atoms with Gasteiger partial charge in [0.05, 0.1) is 11.2 Å². The highest BCUT2D eigenvalue weighted by molar-refractivity contribution is 7.99. The summed E-state index contributed by atoms with van der Waals surface area (Å²) < 4.78 is 0. The Hall–Kier alpha value is -2.88. The predicted octanol–water partition coefficient (Wildman–Crippen LogP) is 3.98. The first-order chi connectivity index (χ1) is 16.0. The molecule has 0 amide bonds. The lowest BCUT2D eigenvalue weighted by Crippen LogP contribution is -2.44. The highest BCUT2D eigenvalue weighted by Crippen LogP contribution is 2.50. The van der Waals surface area contributed by atoms with Gasteiger partial charge in [-0.15, -0.1) is 0 Å². The van der Waals surface area contributed by atoms with Crippen molar-refractivity contribution in [2.75, 3.05) is 23.7 Å². The standard InChI is InChI=1S/C23H23ClN8S/c24-15-11-27-17(25)9-16(15)33-18-12-28-20-21(29-18)31-22(30-20)32-7-5-23(6-8-32)10-13-3-1-2-4-14(13)19(23)26/h1-4,9,11-12,19H,5-8,10,26H2,(H2,25,27)(H,28,29,30,31)/t19-/m1/s1. The molecule has 2 aliphatic rings. The number of rotatable bonds is 3.